The van der Waals surface area contributed by atoms with Gasteiger partial charge in [0.05, 0.1) is 6.54 Å². The molecule has 4 N–H and O–H groups in total. The third kappa shape index (κ3) is 2.21. The van der Waals surface area contributed by atoms with Crippen LogP contribution in [0.1, 0.15) is 27.6 Å². The largest absolute Gasteiger partial charge is 0.455 e. The van der Waals surface area contributed by atoms with E-state index in [-0.39, 0.29) is 18.2 Å². The van der Waals surface area contributed by atoms with Gasteiger partial charge in [-0.15, -0.1) is 0 Å². The van der Waals surface area contributed by atoms with Gasteiger partial charge in [-0.3, -0.25) is 9.89 Å². The number of furan rings is 1. The zero-order chi connectivity index (χ0) is 12.4. The number of nitrogens with two attached hydrogens (primary N) is 1. The number of aromatic nitrogens is 2. The van der Waals surface area contributed by atoms with Crippen LogP contribution in [0.3, 0.4) is 0 Å². The first-order chi connectivity index (χ1) is 8.11. The van der Waals surface area contributed by atoms with Gasteiger partial charge in [0.25, 0.3) is 5.91 Å². The summed E-state index contributed by atoms with van der Waals surface area (Å²) in [6, 6.07) is 3.27. The number of hydrogen-bond donors (Lipinski definition) is 3. The topological polar surface area (TPSA) is 96.9 Å². The fraction of sp³-hybridized carbons (Fsp3) is 0.273. The molecule has 6 heteroatoms. The molecule has 0 aliphatic heterocycles. The molecular weight excluding hydrogens is 220 g/mol. The lowest BCUT2D eigenvalue weighted by Crippen LogP contribution is -2.12. The molecule has 0 aromatic carbocycles. The normalized spacial score (nSPS) is 10.5. The predicted molar refractivity (Wildman–Crippen MR) is 62.6 cm³/mol. The summed E-state index contributed by atoms with van der Waals surface area (Å²) in [7, 11) is 0. The second-order valence-electron chi connectivity index (χ2n) is 3.75. The van der Waals surface area contributed by atoms with E-state index in [0.717, 1.165) is 11.3 Å². The van der Waals surface area contributed by atoms with E-state index < -0.39 is 0 Å². The fourth-order valence-corrected chi connectivity index (χ4v) is 1.39. The highest BCUT2D eigenvalue weighted by molar-refractivity contribution is 6.02. The van der Waals surface area contributed by atoms with Gasteiger partial charge in [0.15, 0.2) is 11.6 Å². The number of H-pyrrole nitrogens is 1. The number of aryl methyl sites for hydroxylation is 1. The average Bonchev–Trinajstić information content (AvgIpc) is 2.91. The Kier molecular flexibility index (Phi) is 2.97. The van der Waals surface area contributed by atoms with Crippen LogP contribution in [0.2, 0.25) is 0 Å². The number of anilines is 1. The summed E-state index contributed by atoms with van der Waals surface area (Å²) >= 11 is 0. The molecule has 0 radical (unpaired) electrons. The Morgan fingerprint density at radius 1 is 1.53 bits per heavy atom. The Labute approximate surface area is 98.2 Å². The number of carbonyl (C=O) groups is 1. The van der Waals surface area contributed by atoms with Crippen LogP contribution in [0.5, 0.6) is 0 Å². The fourth-order valence-electron chi connectivity index (χ4n) is 1.39. The lowest BCUT2D eigenvalue weighted by atomic mass is 10.3. The van der Waals surface area contributed by atoms with Crippen molar-refractivity contribution in [2.45, 2.75) is 20.4 Å². The Hall–Kier alpha value is -2.08. The molecule has 0 fully saturated rings. The van der Waals surface area contributed by atoms with Crippen molar-refractivity contribution in [3.05, 3.63) is 34.9 Å². The molecule has 0 spiro atoms. The molecule has 2 aromatic rings. The molecule has 6 nitrogen and oxygen atoms in total. The minimum Gasteiger partial charge on any atom is -0.455 e. The SMILES string of the molecule is Cc1[nH]nc(NC(=O)c2ccc(CN)o2)c1C. The van der Waals surface area contributed by atoms with Crippen LogP contribution in [0, 0.1) is 13.8 Å². The maximum atomic E-state index is 11.8. The summed E-state index contributed by atoms with van der Waals surface area (Å²) in [5, 5.41) is 9.45. The monoisotopic (exact) mass is 234 g/mol. The van der Waals surface area contributed by atoms with Crippen molar-refractivity contribution < 1.29 is 9.21 Å². The second-order valence-corrected chi connectivity index (χ2v) is 3.75. The number of aromatic amines is 1. The second kappa shape index (κ2) is 4.42. The molecule has 0 bridgehead atoms. The lowest BCUT2D eigenvalue weighted by Gasteiger charge is -2.00. The van der Waals surface area contributed by atoms with Crippen molar-refractivity contribution in [3.8, 4) is 0 Å². The number of nitrogens with one attached hydrogen (secondary N) is 2. The first kappa shape index (κ1) is 11.4. The third-order valence-electron chi connectivity index (χ3n) is 2.57. The van der Waals surface area contributed by atoms with Crippen LogP contribution in [0.15, 0.2) is 16.5 Å². The van der Waals surface area contributed by atoms with Crippen LogP contribution in [0.4, 0.5) is 5.82 Å². The molecule has 0 aliphatic rings. The Morgan fingerprint density at radius 2 is 2.29 bits per heavy atom. The van der Waals surface area contributed by atoms with Gasteiger partial charge >= 0.3 is 0 Å². The highest BCUT2D eigenvalue weighted by Crippen LogP contribution is 2.15. The zero-order valence-electron chi connectivity index (χ0n) is 9.70. The first-order valence-electron chi connectivity index (χ1n) is 5.23. The van der Waals surface area contributed by atoms with E-state index in [2.05, 4.69) is 15.5 Å². The summed E-state index contributed by atoms with van der Waals surface area (Å²) in [6.45, 7) is 4.03. The van der Waals surface area contributed by atoms with Gasteiger partial charge in [-0.05, 0) is 26.0 Å². The van der Waals surface area contributed by atoms with Crippen molar-refractivity contribution in [2.24, 2.45) is 5.73 Å². The zero-order valence-corrected chi connectivity index (χ0v) is 9.70. The summed E-state index contributed by atoms with van der Waals surface area (Å²) in [5.41, 5.74) is 7.23. The maximum Gasteiger partial charge on any atom is 0.292 e. The van der Waals surface area contributed by atoms with E-state index in [1.807, 2.05) is 13.8 Å². The Bertz CT molecular complexity index is 541. The van der Waals surface area contributed by atoms with Crippen molar-refractivity contribution in [3.63, 3.8) is 0 Å². The molecule has 2 heterocycles. The predicted octanol–water partition coefficient (Wildman–Crippen LogP) is 1.33. The van der Waals surface area contributed by atoms with Crippen molar-refractivity contribution in [2.75, 3.05) is 5.32 Å². The van der Waals surface area contributed by atoms with E-state index >= 15 is 0 Å². The summed E-state index contributed by atoms with van der Waals surface area (Å²) in [5.74, 6) is 0.980. The van der Waals surface area contributed by atoms with E-state index in [0.29, 0.717) is 11.6 Å². The number of nitrogens with zero attached hydrogens (tertiary/aromatic N) is 1. The minimum absolute atomic E-state index is 0.227. The molecule has 2 aromatic heterocycles. The van der Waals surface area contributed by atoms with Crippen molar-refractivity contribution in [1.29, 1.82) is 0 Å². The molecule has 0 unspecified atom stereocenters. The van der Waals surface area contributed by atoms with Gasteiger partial charge in [-0.25, -0.2) is 0 Å². The van der Waals surface area contributed by atoms with E-state index in [1.54, 1.807) is 12.1 Å². The van der Waals surface area contributed by atoms with E-state index in [4.69, 9.17) is 10.2 Å². The molecule has 2 rings (SSSR count). The Balaban J connectivity index is 2.14. The van der Waals surface area contributed by atoms with E-state index in [9.17, 15) is 4.79 Å². The minimum atomic E-state index is -0.334. The third-order valence-corrected chi connectivity index (χ3v) is 2.57. The molecule has 0 saturated carbocycles. The molecular formula is C11H14N4O2. The van der Waals surface area contributed by atoms with Crippen LogP contribution < -0.4 is 11.1 Å². The molecule has 0 aliphatic carbocycles. The van der Waals surface area contributed by atoms with Crippen LogP contribution in [-0.2, 0) is 6.54 Å². The van der Waals surface area contributed by atoms with E-state index in [1.165, 1.54) is 0 Å². The summed E-state index contributed by atoms with van der Waals surface area (Å²) < 4.78 is 5.24. The van der Waals surface area contributed by atoms with Crippen LogP contribution >= 0.6 is 0 Å². The van der Waals surface area contributed by atoms with Gasteiger partial charge in [-0.1, -0.05) is 0 Å². The quantitative estimate of drug-likeness (QED) is 0.746. The van der Waals surface area contributed by atoms with Gasteiger partial charge in [0.2, 0.25) is 0 Å². The lowest BCUT2D eigenvalue weighted by molar-refractivity contribution is 0.0994. The molecule has 0 atom stereocenters. The highest BCUT2D eigenvalue weighted by atomic mass is 16.4. The molecule has 17 heavy (non-hydrogen) atoms. The highest BCUT2D eigenvalue weighted by Gasteiger charge is 2.14. The maximum absolute atomic E-state index is 11.8. The number of amides is 1. The first-order valence-corrected chi connectivity index (χ1v) is 5.23. The molecule has 0 saturated heterocycles. The van der Waals surface area contributed by atoms with Gasteiger partial charge in [-0.2, -0.15) is 5.10 Å². The van der Waals surface area contributed by atoms with Crippen molar-refractivity contribution >= 4 is 11.7 Å². The standard InChI is InChI=1S/C11H14N4O2/c1-6-7(2)14-15-10(6)13-11(16)9-4-3-8(5-12)17-9/h3-4H,5,12H2,1-2H3,(H2,13,14,15,16). The van der Waals surface area contributed by atoms with Crippen molar-refractivity contribution in [1.82, 2.24) is 10.2 Å². The number of hydrogen-bond acceptors (Lipinski definition) is 4. The van der Waals surface area contributed by atoms with Gasteiger partial charge in [0.1, 0.15) is 5.76 Å². The summed E-state index contributed by atoms with van der Waals surface area (Å²) in [6.07, 6.45) is 0. The molecule has 1 amide bonds. The average molecular weight is 234 g/mol. The number of rotatable bonds is 3. The Morgan fingerprint density at radius 3 is 2.82 bits per heavy atom. The van der Waals surface area contributed by atoms with Crippen LogP contribution in [-0.4, -0.2) is 16.1 Å². The van der Waals surface area contributed by atoms with Crippen LogP contribution in [0.25, 0.3) is 0 Å². The summed E-state index contributed by atoms with van der Waals surface area (Å²) in [4.78, 5) is 11.8. The smallest absolute Gasteiger partial charge is 0.292 e. The molecule has 90 valence electrons. The number of carbonyl (C=O) groups excluding carboxylic acids is 1. The van der Waals surface area contributed by atoms with Gasteiger partial charge in [0, 0.05) is 11.3 Å². The van der Waals surface area contributed by atoms with Gasteiger partial charge < -0.3 is 15.5 Å².